The molecule has 0 amide bonds. The highest BCUT2D eigenvalue weighted by Crippen LogP contribution is 2.21. The molecule has 1 unspecified atom stereocenters. The highest BCUT2D eigenvalue weighted by molar-refractivity contribution is 5.37. The van der Waals surface area contributed by atoms with Gasteiger partial charge in [0.2, 0.25) is 0 Å². The average Bonchev–Trinajstić information content (AvgIpc) is 2.47. The molecule has 0 fully saturated rings. The van der Waals surface area contributed by atoms with Crippen molar-refractivity contribution < 1.29 is 4.74 Å². The van der Waals surface area contributed by atoms with Crippen molar-refractivity contribution in [1.29, 1.82) is 0 Å². The van der Waals surface area contributed by atoms with Gasteiger partial charge < -0.3 is 15.0 Å². The molecule has 0 heterocycles. The molecule has 1 aromatic rings. The Hall–Kier alpha value is -1.06. The minimum atomic E-state index is 0.492. The van der Waals surface area contributed by atoms with E-state index in [0.717, 1.165) is 38.2 Å². The largest absolute Gasteiger partial charge is 0.496 e. The van der Waals surface area contributed by atoms with E-state index in [1.165, 1.54) is 11.1 Å². The number of ether oxygens (including phenoxy) is 1. The van der Waals surface area contributed by atoms with Crippen molar-refractivity contribution >= 4 is 0 Å². The number of benzene rings is 1. The molecule has 3 nitrogen and oxygen atoms in total. The molecule has 0 spiro atoms. The van der Waals surface area contributed by atoms with Gasteiger partial charge in [-0.05, 0) is 58.1 Å². The maximum absolute atomic E-state index is 5.48. The minimum Gasteiger partial charge on any atom is -0.496 e. The van der Waals surface area contributed by atoms with Gasteiger partial charge in [0, 0.05) is 6.04 Å². The number of rotatable bonds is 9. The summed E-state index contributed by atoms with van der Waals surface area (Å²) < 4.78 is 5.48. The molecular formula is C17H30N2O. The summed E-state index contributed by atoms with van der Waals surface area (Å²) in [4.78, 5) is 2.47. The quantitative estimate of drug-likeness (QED) is 0.752. The first-order valence-electron chi connectivity index (χ1n) is 7.67. The molecule has 0 saturated carbocycles. The molecule has 3 heteroatoms. The predicted octanol–water partition coefficient (Wildman–Crippen LogP) is 2.87. The van der Waals surface area contributed by atoms with Crippen LogP contribution in [0.3, 0.4) is 0 Å². The van der Waals surface area contributed by atoms with Gasteiger partial charge in [-0.1, -0.05) is 31.5 Å². The van der Waals surface area contributed by atoms with Crippen LogP contribution in [0, 0.1) is 6.92 Å². The topological polar surface area (TPSA) is 24.5 Å². The Labute approximate surface area is 124 Å². The van der Waals surface area contributed by atoms with Crippen molar-refractivity contribution in [2.75, 3.05) is 33.8 Å². The summed E-state index contributed by atoms with van der Waals surface area (Å²) in [7, 11) is 3.80. The highest BCUT2D eigenvalue weighted by Gasteiger charge is 2.12. The van der Waals surface area contributed by atoms with E-state index < -0.39 is 0 Å². The highest BCUT2D eigenvalue weighted by atomic mass is 16.5. The summed E-state index contributed by atoms with van der Waals surface area (Å²) in [6.45, 7) is 9.98. The van der Waals surface area contributed by atoms with Crippen LogP contribution in [-0.2, 0) is 6.42 Å². The van der Waals surface area contributed by atoms with E-state index >= 15 is 0 Å². The SMILES string of the molecule is CCN(CC)CCC(Cc1cc(C)ccc1OC)NC. The molecule has 0 aliphatic carbocycles. The summed E-state index contributed by atoms with van der Waals surface area (Å²) in [5.74, 6) is 0.999. The molecule has 1 aromatic carbocycles. The zero-order chi connectivity index (χ0) is 15.0. The molecule has 1 rings (SSSR count). The van der Waals surface area contributed by atoms with Crippen LogP contribution in [0.1, 0.15) is 31.4 Å². The van der Waals surface area contributed by atoms with Gasteiger partial charge in [0.05, 0.1) is 7.11 Å². The minimum absolute atomic E-state index is 0.492. The fraction of sp³-hybridized carbons (Fsp3) is 0.647. The molecular weight excluding hydrogens is 248 g/mol. The number of aryl methyl sites for hydroxylation is 1. The van der Waals surface area contributed by atoms with Crippen molar-refractivity contribution in [3.8, 4) is 5.75 Å². The van der Waals surface area contributed by atoms with E-state index in [-0.39, 0.29) is 0 Å². The molecule has 0 aromatic heterocycles. The monoisotopic (exact) mass is 278 g/mol. The lowest BCUT2D eigenvalue weighted by atomic mass is 10.0. The van der Waals surface area contributed by atoms with Crippen LogP contribution in [0.2, 0.25) is 0 Å². The summed E-state index contributed by atoms with van der Waals surface area (Å²) in [6.07, 6.45) is 2.18. The maximum atomic E-state index is 5.48. The average molecular weight is 278 g/mol. The molecule has 114 valence electrons. The molecule has 20 heavy (non-hydrogen) atoms. The lowest BCUT2D eigenvalue weighted by Gasteiger charge is -2.23. The van der Waals surface area contributed by atoms with E-state index in [0.29, 0.717) is 6.04 Å². The van der Waals surface area contributed by atoms with Crippen molar-refractivity contribution in [3.05, 3.63) is 29.3 Å². The van der Waals surface area contributed by atoms with E-state index in [2.05, 4.69) is 56.2 Å². The Morgan fingerprint density at radius 3 is 2.50 bits per heavy atom. The standard InChI is InChI=1S/C17H30N2O/c1-6-19(7-2)11-10-16(18-4)13-15-12-14(3)8-9-17(15)20-5/h8-9,12,16,18H,6-7,10-11,13H2,1-5H3. The van der Waals surface area contributed by atoms with Crippen molar-refractivity contribution in [2.45, 2.75) is 39.7 Å². The Morgan fingerprint density at radius 2 is 1.95 bits per heavy atom. The first kappa shape index (κ1) is 17.0. The van der Waals surface area contributed by atoms with Gasteiger partial charge in [-0.2, -0.15) is 0 Å². The maximum Gasteiger partial charge on any atom is 0.122 e. The molecule has 1 atom stereocenters. The molecule has 1 N–H and O–H groups in total. The Balaban J connectivity index is 2.66. The number of nitrogens with one attached hydrogen (secondary N) is 1. The van der Waals surface area contributed by atoms with E-state index in [1.54, 1.807) is 7.11 Å². The van der Waals surface area contributed by atoms with Crippen LogP contribution in [-0.4, -0.2) is 44.7 Å². The van der Waals surface area contributed by atoms with Crippen LogP contribution < -0.4 is 10.1 Å². The zero-order valence-corrected chi connectivity index (χ0v) is 13.7. The van der Waals surface area contributed by atoms with E-state index in [4.69, 9.17) is 4.74 Å². The third kappa shape index (κ3) is 5.14. The molecule has 0 radical (unpaired) electrons. The number of likely N-dealkylation sites (N-methyl/N-ethyl adjacent to an activating group) is 1. The molecule has 0 aliphatic rings. The zero-order valence-electron chi connectivity index (χ0n) is 13.7. The number of nitrogens with zero attached hydrogens (tertiary/aromatic N) is 1. The van der Waals surface area contributed by atoms with E-state index in [1.807, 2.05) is 0 Å². The van der Waals surface area contributed by atoms with Crippen molar-refractivity contribution in [1.82, 2.24) is 10.2 Å². The summed E-state index contributed by atoms with van der Waals surface area (Å²) >= 11 is 0. The normalized spacial score (nSPS) is 12.7. The summed E-state index contributed by atoms with van der Waals surface area (Å²) in [5.41, 5.74) is 2.59. The lowest BCUT2D eigenvalue weighted by Crippen LogP contribution is -2.34. The number of methoxy groups -OCH3 is 1. The van der Waals surface area contributed by atoms with E-state index in [9.17, 15) is 0 Å². The first-order chi connectivity index (χ1) is 9.64. The van der Waals surface area contributed by atoms with Crippen molar-refractivity contribution in [3.63, 3.8) is 0 Å². The third-order valence-corrected chi connectivity index (χ3v) is 4.00. The van der Waals surface area contributed by atoms with Gasteiger partial charge in [0.15, 0.2) is 0 Å². The Bertz CT molecular complexity index is 389. The second-order valence-corrected chi connectivity index (χ2v) is 5.32. The van der Waals surface area contributed by atoms with Crippen LogP contribution in [0.4, 0.5) is 0 Å². The van der Waals surface area contributed by atoms with Crippen LogP contribution in [0.5, 0.6) is 5.75 Å². The second-order valence-electron chi connectivity index (χ2n) is 5.32. The van der Waals surface area contributed by atoms with Gasteiger partial charge in [-0.25, -0.2) is 0 Å². The second kappa shape index (κ2) is 8.98. The Morgan fingerprint density at radius 1 is 1.25 bits per heavy atom. The molecule has 0 saturated heterocycles. The van der Waals surface area contributed by atoms with Crippen LogP contribution in [0.25, 0.3) is 0 Å². The first-order valence-corrected chi connectivity index (χ1v) is 7.67. The fourth-order valence-corrected chi connectivity index (χ4v) is 2.56. The number of hydrogen-bond donors (Lipinski definition) is 1. The lowest BCUT2D eigenvalue weighted by molar-refractivity contribution is 0.282. The van der Waals surface area contributed by atoms with Gasteiger partial charge >= 0.3 is 0 Å². The fourth-order valence-electron chi connectivity index (χ4n) is 2.56. The van der Waals surface area contributed by atoms with Gasteiger partial charge in [0.25, 0.3) is 0 Å². The molecule has 0 aliphatic heterocycles. The summed E-state index contributed by atoms with van der Waals surface area (Å²) in [5, 5.41) is 3.44. The Kier molecular flexibility index (Phi) is 7.63. The van der Waals surface area contributed by atoms with Crippen LogP contribution >= 0.6 is 0 Å². The molecule has 0 bridgehead atoms. The van der Waals surface area contributed by atoms with Gasteiger partial charge in [-0.15, -0.1) is 0 Å². The predicted molar refractivity (Wildman–Crippen MR) is 86.7 cm³/mol. The van der Waals surface area contributed by atoms with Crippen molar-refractivity contribution in [2.24, 2.45) is 0 Å². The van der Waals surface area contributed by atoms with Crippen LogP contribution in [0.15, 0.2) is 18.2 Å². The third-order valence-electron chi connectivity index (χ3n) is 4.00. The van der Waals surface area contributed by atoms with Gasteiger partial charge in [0.1, 0.15) is 5.75 Å². The summed E-state index contributed by atoms with van der Waals surface area (Å²) in [6, 6.07) is 6.90. The smallest absolute Gasteiger partial charge is 0.122 e. The number of hydrogen-bond acceptors (Lipinski definition) is 3. The van der Waals surface area contributed by atoms with Gasteiger partial charge in [-0.3, -0.25) is 0 Å².